The third kappa shape index (κ3) is 6.24. The van der Waals surface area contributed by atoms with Crippen LogP contribution < -0.4 is 10.6 Å². The maximum atomic E-state index is 12.6. The van der Waals surface area contributed by atoms with Gasteiger partial charge in [-0.15, -0.1) is 16.8 Å². The molecule has 0 fully saturated rings. The quantitative estimate of drug-likeness (QED) is 0.284. The smallest absolute Gasteiger partial charge is 0.335 e. The second-order valence-corrected chi connectivity index (χ2v) is 8.48. The number of amides is 2. The van der Waals surface area contributed by atoms with Gasteiger partial charge in [-0.1, -0.05) is 41.6 Å². The minimum Gasteiger partial charge on any atom is -0.478 e. The maximum Gasteiger partial charge on any atom is 0.335 e. The van der Waals surface area contributed by atoms with E-state index in [0.29, 0.717) is 33.8 Å². The zero-order valence-electron chi connectivity index (χ0n) is 18.2. The van der Waals surface area contributed by atoms with Crippen molar-refractivity contribution in [2.24, 2.45) is 0 Å². The van der Waals surface area contributed by atoms with Crippen molar-refractivity contribution in [3.8, 4) is 0 Å². The topological polar surface area (TPSA) is 126 Å². The number of benzene rings is 2. The van der Waals surface area contributed by atoms with Crippen LogP contribution in [0.2, 0.25) is 5.02 Å². The van der Waals surface area contributed by atoms with Gasteiger partial charge in [0.2, 0.25) is 5.91 Å². The van der Waals surface area contributed by atoms with Gasteiger partial charge < -0.3 is 20.3 Å². The number of anilines is 1. The van der Waals surface area contributed by atoms with E-state index in [1.807, 2.05) is 0 Å². The van der Waals surface area contributed by atoms with Crippen LogP contribution in [0.1, 0.15) is 39.5 Å². The molecule has 0 unspecified atom stereocenters. The normalized spacial score (nSPS) is 11.5. The highest BCUT2D eigenvalue weighted by Gasteiger charge is 2.21. The highest BCUT2D eigenvalue weighted by molar-refractivity contribution is 7.99. The number of aromatic nitrogens is 3. The number of hydrogen-bond acceptors (Lipinski definition) is 6. The van der Waals surface area contributed by atoms with Gasteiger partial charge in [0.1, 0.15) is 0 Å². The number of rotatable bonds is 10. The number of carbonyl (C=O) groups is 3. The summed E-state index contributed by atoms with van der Waals surface area (Å²) in [4.78, 5) is 35.9. The third-order valence-corrected chi connectivity index (χ3v) is 5.95. The third-order valence-electron chi connectivity index (χ3n) is 4.66. The number of carboxylic acid groups (broad SMARTS) is 1. The highest BCUT2D eigenvalue weighted by atomic mass is 35.5. The minimum absolute atomic E-state index is 0.0519. The van der Waals surface area contributed by atoms with Gasteiger partial charge in [-0.3, -0.25) is 9.59 Å². The lowest BCUT2D eigenvalue weighted by atomic mass is 10.2. The summed E-state index contributed by atoms with van der Waals surface area (Å²) in [5.41, 5.74) is 0.974. The molecule has 0 spiro atoms. The van der Waals surface area contributed by atoms with E-state index in [9.17, 15) is 14.4 Å². The predicted octanol–water partition coefficient (Wildman–Crippen LogP) is 4.04. The van der Waals surface area contributed by atoms with E-state index in [-0.39, 0.29) is 23.1 Å². The van der Waals surface area contributed by atoms with Gasteiger partial charge in [0.25, 0.3) is 5.91 Å². The van der Waals surface area contributed by atoms with Crippen LogP contribution in [-0.2, 0) is 11.3 Å². The summed E-state index contributed by atoms with van der Waals surface area (Å²) < 4.78 is 1.77. The maximum absolute atomic E-state index is 12.6. The molecular formula is C23H22ClN5O4S. The van der Waals surface area contributed by atoms with E-state index in [4.69, 9.17) is 16.7 Å². The Morgan fingerprint density at radius 2 is 1.88 bits per heavy atom. The molecule has 2 aromatic carbocycles. The molecule has 0 radical (unpaired) electrons. The summed E-state index contributed by atoms with van der Waals surface area (Å²) in [6.45, 7) is 5.92. The lowest BCUT2D eigenvalue weighted by Gasteiger charge is -2.15. The molecule has 0 aliphatic rings. The first-order chi connectivity index (χ1) is 16.3. The van der Waals surface area contributed by atoms with Crippen molar-refractivity contribution in [2.45, 2.75) is 24.7 Å². The molecule has 34 heavy (non-hydrogen) atoms. The molecule has 0 saturated heterocycles. The van der Waals surface area contributed by atoms with Gasteiger partial charge in [-0.05, 0) is 43.3 Å². The SMILES string of the molecule is C=CCn1c(SCC(=O)Nc2ccc(C(=O)O)cc2)nnc1[C@H](C)NC(=O)c1ccccc1Cl. The zero-order chi connectivity index (χ0) is 24.7. The van der Waals surface area contributed by atoms with Crippen LogP contribution in [0.5, 0.6) is 0 Å². The Hall–Kier alpha value is -3.63. The molecule has 2 amide bonds. The number of thioether (sulfide) groups is 1. The number of allylic oxidation sites excluding steroid dienone is 1. The number of carbonyl (C=O) groups excluding carboxylic acids is 2. The monoisotopic (exact) mass is 499 g/mol. The molecule has 0 aliphatic heterocycles. The average molecular weight is 500 g/mol. The molecule has 3 N–H and O–H groups in total. The van der Waals surface area contributed by atoms with Crippen LogP contribution >= 0.6 is 23.4 Å². The Kier molecular flexibility index (Phi) is 8.44. The predicted molar refractivity (Wildman–Crippen MR) is 130 cm³/mol. The van der Waals surface area contributed by atoms with Crippen LogP contribution in [0.25, 0.3) is 0 Å². The Labute approximate surface area is 205 Å². The fourth-order valence-electron chi connectivity index (χ4n) is 3.04. The summed E-state index contributed by atoms with van der Waals surface area (Å²) in [6, 6.07) is 12.1. The first-order valence-electron chi connectivity index (χ1n) is 10.2. The van der Waals surface area contributed by atoms with Crippen molar-refractivity contribution in [2.75, 3.05) is 11.1 Å². The molecular weight excluding hydrogens is 478 g/mol. The fourth-order valence-corrected chi connectivity index (χ4v) is 4.01. The molecule has 0 bridgehead atoms. The Balaban J connectivity index is 1.65. The van der Waals surface area contributed by atoms with Gasteiger partial charge in [-0.25, -0.2) is 4.79 Å². The molecule has 0 aliphatic carbocycles. The first-order valence-corrected chi connectivity index (χ1v) is 11.5. The number of halogens is 1. The molecule has 0 saturated carbocycles. The summed E-state index contributed by atoms with van der Waals surface area (Å²) in [5, 5.41) is 23.7. The van der Waals surface area contributed by atoms with Gasteiger partial charge in [0, 0.05) is 12.2 Å². The van der Waals surface area contributed by atoms with Crippen molar-refractivity contribution >= 4 is 46.8 Å². The van der Waals surface area contributed by atoms with Gasteiger partial charge in [-0.2, -0.15) is 0 Å². The summed E-state index contributed by atoms with van der Waals surface area (Å²) in [5.74, 6) is -1.11. The van der Waals surface area contributed by atoms with E-state index in [0.717, 1.165) is 0 Å². The highest BCUT2D eigenvalue weighted by Crippen LogP contribution is 2.22. The van der Waals surface area contributed by atoms with Crippen LogP contribution in [0, 0.1) is 0 Å². The van der Waals surface area contributed by atoms with Crippen LogP contribution in [0.15, 0.2) is 66.3 Å². The molecule has 3 aromatic rings. The number of nitrogens with zero attached hydrogens (tertiary/aromatic N) is 3. The number of nitrogens with one attached hydrogen (secondary N) is 2. The van der Waals surface area contributed by atoms with Gasteiger partial charge in [0.05, 0.1) is 27.9 Å². The van der Waals surface area contributed by atoms with Crippen molar-refractivity contribution in [3.63, 3.8) is 0 Å². The molecule has 9 nitrogen and oxygen atoms in total. The average Bonchev–Trinajstić information content (AvgIpc) is 3.21. The molecule has 11 heteroatoms. The van der Waals surface area contributed by atoms with E-state index in [1.54, 1.807) is 41.8 Å². The number of carboxylic acids is 1. The van der Waals surface area contributed by atoms with Crippen LogP contribution in [0.3, 0.4) is 0 Å². The van der Waals surface area contributed by atoms with E-state index in [2.05, 4.69) is 27.4 Å². The van der Waals surface area contributed by atoms with Crippen molar-refractivity contribution in [1.29, 1.82) is 0 Å². The second-order valence-electron chi connectivity index (χ2n) is 7.13. The van der Waals surface area contributed by atoms with E-state index in [1.165, 1.54) is 36.0 Å². The van der Waals surface area contributed by atoms with E-state index < -0.39 is 12.0 Å². The molecule has 1 aromatic heterocycles. The molecule has 176 valence electrons. The molecule has 1 heterocycles. The van der Waals surface area contributed by atoms with E-state index >= 15 is 0 Å². The van der Waals surface area contributed by atoms with Crippen LogP contribution in [-0.4, -0.2) is 43.4 Å². The summed E-state index contributed by atoms with van der Waals surface area (Å²) in [6.07, 6.45) is 1.67. The minimum atomic E-state index is -1.04. The summed E-state index contributed by atoms with van der Waals surface area (Å²) in [7, 11) is 0. The first kappa shape index (κ1) is 25.0. The van der Waals surface area contributed by atoms with Gasteiger partial charge >= 0.3 is 5.97 Å². The standard InChI is InChI=1S/C23H22ClN5O4S/c1-3-12-29-20(14(2)25-21(31)17-6-4-5-7-18(17)24)27-28-23(29)34-13-19(30)26-16-10-8-15(9-11-16)22(32)33/h3-11,14H,1,12-13H2,2H3,(H,25,31)(H,26,30)(H,32,33)/t14-/m0/s1. The van der Waals surface area contributed by atoms with Gasteiger partial charge in [0.15, 0.2) is 11.0 Å². The summed E-state index contributed by atoms with van der Waals surface area (Å²) >= 11 is 7.29. The van der Waals surface area contributed by atoms with Crippen molar-refractivity contribution in [3.05, 3.63) is 83.2 Å². The Morgan fingerprint density at radius 3 is 2.53 bits per heavy atom. The lowest BCUT2D eigenvalue weighted by Crippen LogP contribution is -2.29. The second kappa shape index (κ2) is 11.5. The fraction of sp³-hybridized carbons (Fsp3) is 0.174. The largest absolute Gasteiger partial charge is 0.478 e. The lowest BCUT2D eigenvalue weighted by molar-refractivity contribution is -0.113. The van der Waals surface area contributed by atoms with Crippen LogP contribution in [0.4, 0.5) is 5.69 Å². The van der Waals surface area contributed by atoms with Crippen molar-refractivity contribution < 1.29 is 19.5 Å². The number of aromatic carboxylic acids is 1. The Bertz CT molecular complexity index is 1210. The van der Waals surface area contributed by atoms with Crippen molar-refractivity contribution in [1.82, 2.24) is 20.1 Å². The molecule has 1 atom stereocenters. The number of hydrogen-bond donors (Lipinski definition) is 3. The zero-order valence-corrected chi connectivity index (χ0v) is 19.8. The molecule has 3 rings (SSSR count). The Morgan fingerprint density at radius 1 is 1.18 bits per heavy atom.